The van der Waals surface area contributed by atoms with Crippen LogP contribution in [-0.2, 0) is 6.42 Å². The monoisotopic (exact) mass is 351 g/mol. The number of ether oxygens (including phenoxy) is 1. The number of thioether (sulfide) groups is 1. The third kappa shape index (κ3) is 4.27. The molecule has 0 aliphatic heterocycles. The predicted octanol–water partition coefficient (Wildman–Crippen LogP) is 4.85. The van der Waals surface area contributed by atoms with E-state index in [1.54, 1.807) is 11.8 Å². The highest BCUT2D eigenvalue weighted by molar-refractivity contribution is 9.10. The average Bonchev–Trinajstić information content (AvgIpc) is 2.42. The Morgan fingerprint density at radius 3 is 2.35 bits per heavy atom. The molecule has 2 aromatic carbocycles. The van der Waals surface area contributed by atoms with E-state index in [9.17, 15) is 0 Å². The van der Waals surface area contributed by atoms with Crippen molar-refractivity contribution in [1.29, 1.82) is 0 Å². The molecule has 2 N–H and O–H groups in total. The standard InChI is InChI=1S/C16H18BrNOS/c1-11(18)9-12-3-4-14(10-16(12)17)19-13-5-7-15(20-2)8-6-13/h3-8,10-11H,9,18H2,1-2H3. The zero-order valence-corrected chi connectivity index (χ0v) is 14.0. The van der Waals surface area contributed by atoms with E-state index in [1.165, 1.54) is 10.5 Å². The molecule has 0 fully saturated rings. The molecular formula is C16H18BrNOS. The van der Waals surface area contributed by atoms with Gasteiger partial charge in [0.15, 0.2) is 0 Å². The van der Waals surface area contributed by atoms with Gasteiger partial charge in [0.2, 0.25) is 0 Å². The molecule has 0 aromatic heterocycles. The lowest BCUT2D eigenvalue weighted by Gasteiger charge is -2.11. The van der Waals surface area contributed by atoms with Crippen molar-refractivity contribution in [3.63, 3.8) is 0 Å². The number of halogens is 1. The van der Waals surface area contributed by atoms with Crippen LogP contribution < -0.4 is 10.5 Å². The van der Waals surface area contributed by atoms with Crippen molar-refractivity contribution in [2.75, 3.05) is 6.26 Å². The van der Waals surface area contributed by atoms with Crippen molar-refractivity contribution in [2.24, 2.45) is 5.73 Å². The Morgan fingerprint density at radius 1 is 1.15 bits per heavy atom. The SMILES string of the molecule is CSc1ccc(Oc2ccc(CC(C)N)c(Br)c2)cc1. The fourth-order valence-electron chi connectivity index (χ4n) is 1.88. The van der Waals surface area contributed by atoms with Crippen LogP contribution in [-0.4, -0.2) is 12.3 Å². The van der Waals surface area contributed by atoms with E-state index in [0.717, 1.165) is 22.4 Å². The first-order valence-corrected chi connectivity index (χ1v) is 8.46. The first-order valence-electron chi connectivity index (χ1n) is 6.44. The van der Waals surface area contributed by atoms with Crippen LogP contribution in [0.25, 0.3) is 0 Å². The molecule has 2 nitrogen and oxygen atoms in total. The van der Waals surface area contributed by atoms with Crippen LogP contribution in [0.3, 0.4) is 0 Å². The Bertz CT molecular complexity index is 569. The molecule has 0 aliphatic carbocycles. The summed E-state index contributed by atoms with van der Waals surface area (Å²) in [7, 11) is 0. The minimum Gasteiger partial charge on any atom is -0.457 e. The highest BCUT2D eigenvalue weighted by Gasteiger charge is 2.05. The summed E-state index contributed by atoms with van der Waals surface area (Å²) in [4.78, 5) is 1.23. The lowest BCUT2D eigenvalue weighted by molar-refractivity contribution is 0.481. The number of hydrogen-bond acceptors (Lipinski definition) is 3. The highest BCUT2D eigenvalue weighted by atomic mass is 79.9. The van der Waals surface area contributed by atoms with Crippen LogP contribution in [0.1, 0.15) is 12.5 Å². The molecule has 0 bridgehead atoms. The summed E-state index contributed by atoms with van der Waals surface area (Å²) in [5, 5.41) is 0. The van der Waals surface area contributed by atoms with E-state index in [0.29, 0.717) is 0 Å². The van der Waals surface area contributed by atoms with Crippen molar-refractivity contribution in [2.45, 2.75) is 24.3 Å². The van der Waals surface area contributed by atoms with E-state index in [1.807, 2.05) is 31.2 Å². The average molecular weight is 352 g/mol. The summed E-state index contributed by atoms with van der Waals surface area (Å²) in [5.74, 6) is 1.66. The lowest BCUT2D eigenvalue weighted by atomic mass is 10.1. The van der Waals surface area contributed by atoms with Crippen LogP contribution in [0.5, 0.6) is 11.5 Å². The lowest BCUT2D eigenvalue weighted by Crippen LogP contribution is -2.17. The Hall–Kier alpha value is -0.970. The summed E-state index contributed by atoms with van der Waals surface area (Å²) in [6.07, 6.45) is 2.91. The molecule has 0 radical (unpaired) electrons. The largest absolute Gasteiger partial charge is 0.457 e. The van der Waals surface area contributed by atoms with Gasteiger partial charge in [0, 0.05) is 15.4 Å². The van der Waals surface area contributed by atoms with E-state index in [4.69, 9.17) is 10.5 Å². The molecule has 1 unspecified atom stereocenters. The summed E-state index contributed by atoms with van der Waals surface area (Å²) < 4.78 is 6.88. The molecule has 0 spiro atoms. The molecule has 4 heteroatoms. The fourth-order valence-corrected chi connectivity index (χ4v) is 2.81. The zero-order valence-electron chi connectivity index (χ0n) is 11.6. The van der Waals surface area contributed by atoms with Gasteiger partial charge in [-0.25, -0.2) is 0 Å². The van der Waals surface area contributed by atoms with Crippen LogP contribution in [0.2, 0.25) is 0 Å². The molecular weight excluding hydrogens is 334 g/mol. The third-order valence-electron chi connectivity index (χ3n) is 2.86. The maximum Gasteiger partial charge on any atom is 0.128 e. The Morgan fingerprint density at radius 2 is 1.80 bits per heavy atom. The second kappa shape index (κ2) is 7.16. The van der Waals surface area contributed by atoms with E-state index >= 15 is 0 Å². The van der Waals surface area contributed by atoms with Crippen LogP contribution in [0.4, 0.5) is 0 Å². The van der Waals surface area contributed by atoms with Gasteiger partial charge in [-0.05, 0) is 61.6 Å². The second-order valence-electron chi connectivity index (χ2n) is 4.71. The number of benzene rings is 2. The van der Waals surface area contributed by atoms with Gasteiger partial charge < -0.3 is 10.5 Å². The van der Waals surface area contributed by atoms with Gasteiger partial charge in [-0.15, -0.1) is 11.8 Å². The van der Waals surface area contributed by atoms with Gasteiger partial charge >= 0.3 is 0 Å². The van der Waals surface area contributed by atoms with Crippen LogP contribution in [0, 0.1) is 0 Å². The molecule has 0 saturated carbocycles. The first kappa shape index (κ1) is 15.4. The summed E-state index contributed by atoms with van der Waals surface area (Å²) >= 11 is 5.29. The first-order chi connectivity index (χ1) is 9.58. The summed E-state index contributed by atoms with van der Waals surface area (Å²) in [6, 6.07) is 14.2. The van der Waals surface area contributed by atoms with Crippen LogP contribution in [0.15, 0.2) is 51.8 Å². The quantitative estimate of drug-likeness (QED) is 0.781. The summed E-state index contributed by atoms with van der Waals surface area (Å²) in [6.45, 7) is 2.00. The third-order valence-corrected chi connectivity index (χ3v) is 4.34. The molecule has 0 aliphatic rings. The molecule has 2 aromatic rings. The van der Waals surface area contributed by atoms with Crippen molar-refractivity contribution >= 4 is 27.7 Å². The van der Waals surface area contributed by atoms with Gasteiger partial charge in [-0.2, -0.15) is 0 Å². The van der Waals surface area contributed by atoms with Crippen molar-refractivity contribution < 1.29 is 4.74 Å². The number of hydrogen-bond donors (Lipinski definition) is 1. The minimum atomic E-state index is 0.150. The number of rotatable bonds is 5. The molecule has 2 rings (SSSR count). The topological polar surface area (TPSA) is 35.2 Å². The van der Waals surface area contributed by atoms with Gasteiger partial charge in [0.25, 0.3) is 0 Å². The van der Waals surface area contributed by atoms with E-state index in [2.05, 4.69) is 40.4 Å². The second-order valence-corrected chi connectivity index (χ2v) is 6.45. The van der Waals surface area contributed by atoms with Gasteiger partial charge in [-0.1, -0.05) is 22.0 Å². The molecule has 0 amide bonds. The van der Waals surface area contributed by atoms with Gasteiger partial charge in [0.05, 0.1) is 0 Å². The maximum atomic E-state index is 5.85. The highest BCUT2D eigenvalue weighted by Crippen LogP contribution is 2.28. The molecule has 1 atom stereocenters. The Balaban J connectivity index is 2.11. The van der Waals surface area contributed by atoms with E-state index < -0.39 is 0 Å². The molecule has 106 valence electrons. The minimum absolute atomic E-state index is 0.150. The maximum absolute atomic E-state index is 5.85. The predicted molar refractivity (Wildman–Crippen MR) is 89.8 cm³/mol. The van der Waals surface area contributed by atoms with Crippen molar-refractivity contribution in [3.8, 4) is 11.5 Å². The zero-order chi connectivity index (χ0) is 14.5. The fraction of sp³-hybridized carbons (Fsp3) is 0.250. The van der Waals surface area contributed by atoms with Crippen molar-refractivity contribution in [1.82, 2.24) is 0 Å². The van der Waals surface area contributed by atoms with Gasteiger partial charge in [0.1, 0.15) is 11.5 Å². The van der Waals surface area contributed by atoms with Crippen molar-refractivity contribution in [3.05, 3.63) is 52.5 Å². The smallest absolute Gasteiger partial charge is 0.128 e. The van der Waals surface area contributed by atoms with Crippen LogP contribution >= 0.6 is 27.7 Å². The van der Waals surface area contributed by atoms with Gasteiger partial charge in [-0.3, -0.25) is 0 Å². The molecule has 0 heterocycles. The van der Waals surface area contributed by atoms with E-state index in [-0.39, 0.29) is 6.04 Å². The Labute approximate surface area is 132 Å². The number of nitrogens with two attached hydrogens (primary N) is 1. The normalized spacial score (nSPS) is 12.2. The molecule has 0 saturated heterocycles. The molecule has 20 heavy (non-hydrogen) atoms. The summed E-state index contributed by atoms with van der Waals surface area (Å²) in [5.41, 5.74) is 7.03. The Kier molecular flexibility index (Phi) is 5.52.